The Morgan fingerprint density at radius 1 is 0.565 bits per heavy atom. The molecule has 2 unspecified atom stereocenters. The fraction of sp³-hybridized carbons (Fsp3) is 0.692. The van der Waals surface area contributed by atoms with Gasteiger partial charge in [0.2, 0.25) is 11.3 Å². The molecule has 2 atom stereocenters. The van der Waals surface area contributed by atoms with Gasteiger partial charge in [-0.15, -0.1) is 0 Å². The van der Waals surface area contributed by atoms with Crippen molar-refractivity contribution in [2.24, 2.45) is 0 Å². The summed E-state index contributed by atoms with van der Waals surface area (Å²) < 4.78 is 125. The Balaban J connectivity index is 0.000000238. The molecule has 0 nitrogen and oxygen atoms in total. The first-order valence-electron chi connectivity index (χ1n) is 6.14. The minimum absolute atomic E-state index is 0.0108. The summed E-state index contributed by atoms with van der Waals surface area (Å²) in [5, 5.41) is 0. The molecule has 0 spiro atoms. The molecule has 0 heterocycles. The number of allylic oxidation sites excluding steroid dienone is 4. The average molecular weight is 358 g/mol. The van der Waals surface area contributed by atoms with Gasteiger partial charge in [-0.2, -0.15) is 26.3 Å². The number of hydrogen-bond acceptors (Lipinski definition) is 0. The second kappa shape index (κ2) is 4.89. The Kier molecular flexibility index (Phi) is 4.21. The van der Waals surface area contributed by atoms with Crippen LogP contribution in [0.15, 0.2) is 22.8 Å². The summed E-state index contributed by atoms with van der Waals surface area (Å²) in [6.45, 7) is 2.13. The van der Waals surface area contributed by atoms with Crippen LogP contribution in [-0.4, -0.2) is 29.1 Å². The zero-order valence-electron chi connectivity index (χ0n) is 12.3. The van der Waals surface area contributed by atoms with Crippen LogP contribution in [0.3, 0.4) is 0 Å². The van der Waals surface area contributed by atoms with Crippen molar-refractivity contribution in [2.45, 2.75) is 56.8 Å². The van der Waals surface area contributed by atoms with Crippen LogP contribution in [0.4, 0.5) is 43.9 Å². The van der Waals surface area contributed by atoms with Gasteiger partial charge >= 0.3 is 17.8 Å². The molecule has 0 aromatic rings. The maximum absolute atomic E-state index is 12.9. The highest BCUT2D eigenvalue weighted by Crippen LogP contribution is 2.58. The topological polar surface area (TPSA) is 0 Å². The van der Waals surface area contributed by atoms with Crippen LogP contribution in [0.25, 0.3) is 0 Å². The van der Waals surface area contributed by atoms with Gasteiger partial charge in [0.1, 0.15) is 0 Å². The molecule has 2 rings (SSSR count). The van der Waals surface area contributed by atoms with E-state index in [0.29, 0.717) is 13.8 Å². The van der Waals surface area contributed by atoms with Crippen molar-refractivity contribution in [3.63, 3.8) is 0 Å². The van der Waals surface area contributed by atoms with E-state index in [4.69, 9.17) is 0 Å². The van der Waals surface area contributed by atoms with Crippen molar-refractivity contribution in [3.8, 4) is 0 Å². The van der Waals surface area contributed by atoms with E-state index in [1.807, 2.05) is 0 Å². The molecule has 23 heavy (non-hydrogen) atoms. The van der Waals surface area contributed by atoms with Crippen molar-refractivity contribution in [1.82, 2.24) is 0 Å². The lowest BCUT2D eigenvalue weighted by Gasteiger charge is -2.39. The Morgan fingerprint density at radius 3 is 1.00 bits per heavy atom. The largest absolute Gasteiger partial charge is 0.338 e. The normalized spacial score (nSPS) is 37.3. The smallest absolute Gasteiger partial charge is 0.232 e. The van der Waals surface area contributed by atoms with Gasteiger partial charge in [-0.1, -0.05) is 0 Å². The molecule has 0 saturated heterocycles. The molecule has 134 valence electrons. The second-order valence-corrected chi connectivity index (χ2v) is 5.61. The van der Waals surface area contributed by atoms with Gasteiger partial charge in [0.05, 0.1) is 0 Å². The molecule has 0 amide bonds. The van der Waals surface area contributed by atoms with Gasteiger partial charge in [-0.05, 0) is 27.7 Å². The summed E-state index contributed by atoms with van der Waals surface area (Å²) in [6.07, 6.45) is 0. The van der Waals surface area contributed by atoms with E-state index in [2.05, 4.69) is 0 Å². The van der Waals surface area contributed by atoms with Crippen molar-refractivity contribution in [2.75, 3.05) is 0 Å². The van der Waals surface area contributed by atoms with Gasteiger partial charge in [0.15, 0.2) is 11.7 Å². The predicted octanol–water partition coefficient (Wildman–Crippen LogP) is 5.85. The van der Waals surface area contributed by atoms with Gasteiger partial charge in [0.25, 0.3) is 0 Å². The molecular weight excluding hydrogens is 346 g/mol. The molecule has 0 N–H and O–H groups in total. The van der Waals surface area contributed by atoms with Crippen LogP contribution in [0.1, 0.15) is 27.7 Å². The second-order valence-electron chi connectivity index (χ2n) is 5.61. The zero-order chi connectivity index (χ0) is 18.8. The Morgan fingerprint density at radius 2 is 0.913 bits per heavy atom. The molecule has 10 heteroatoms. The van der Waals surface area contributed by atoms with Crippen LogP contribution >= 0.6 is 0 Å². The number of halogens is 10. The number of alkyl halides is 8. The van der Waals surface area contributed by atoms with Crippen molar-refractivity contribution in [3.05, 3.63) is 22.8 Å². The standard InChI is InChI=1S/C7H6F6.C6H6F4/c1-3-4(8)7(12,13)5(2,9)6(3,10)11;1-3-4(7)6(9,10)5(3,2)8/h1-2H3;1-2H3. The highest BCUT2D eigenvalue weighted by Gasteiger charge is 2.75. The van der Waals surface area contributed by atoms with Crippen molar-refractivity contribution >= 4 is 0 Å². The predicted molar refractivity (Wildman–Crippen MR) is 61.5 cm³/mol. The third-order valence-corrected chi connectivity index (χ3v) is 4.15. The summed E-state index contributed by atoms with van der Waals surface area (Å²) in [6, 6.07) is 0. The maximum Gasteiger partial charge on any atom is 0.338 e. The molecule has 0 aliphatic heterocycles. The summed E-state index contributed by atoms with van der Waals surface area (Å²) in [5.74, 6) is -17.1. The quantitative estimate of drug-likeness (QED) is 0.477. The third kappa shape index (κ3) is 2.20. The van der Waals surface area contributed by atoms with Crippen LogP contribution in [0, 0.1) is 0 Å². The first-order valence-corrected chi connectivity index (χ1v) is 6.14. The van der Waals surface area contributed by atoms with Gasteiger partial charge in [-0.3, -0.25) is 0 Å². The van der Waals surface area contributed by atoms with E-state index in [1.54, 1.807) is 0 Å². The van der Waals surface area contributed by atoms with Crippen LogP contribution in [-0.2, 0) is 0 Å². The molecule has 2 aliphatic carbocycles. The molecule has 0 bridgehead atoms. The average Bonchev–Trinajstić information content (AvgIpc) is 2.50. The van der Waals surface area contributed by atoms with Gasteiger partial charge < -0.3 is 0 Å². The van der Waals surface area contributed by atoms with E-state index in [0.717, 1.165) is 6.92 Å². The Hall–Kier alpha value is -1.22. The van der Waals surface area contributed by atoms with Crippen molar-refractivity contribution in [1.29, 1.82) is 0 Å². The molecule has 0 aromatic carbocycles. The summed E-state index contributed by atoms with van der Waals surface area (Å²) in [4.78, 5) is 0. The number of hydrogen-bond donors (Lipinski definition) is 0. The minimum Gasteiger partial charge on any atom is -0.232 e. The first-order chi connectivity index (χ1) is 9.88. The summed E-state index contributed by atoms with van der Waals surface area (Å²) in [5.41, 5.74) is -9.01. The molecule has 0 saturated carbocycles. The zero-order valence-corrected chi connectivity index (χ0v) is 12.3. The minimum atomic E-state index is -4.75. The third-order valence-electron chi connectivity index (χ3n) is 4.15. The summed E-state index contributed by atoms with van der Waals surface area (Å²) in [7, 11) is 0. The van der Waals surface area contributed by atoms with Crippen molar-refractivity contribution < 1.29 is 43.9 Å². The van der Waals surface area contributed by atoms with Crippen LogP contribution in [0.2, 0.25) is 0 Å². The SMILES string of the molecule is CC1=C(F)C(F)(F)C(C)(F)C1(F)F.CC1=C(F)C(F)(F)C1(C)F. The molecular formula is C13H12F10. The maximum atomic E-state index is 12.9. The Labute approximate surface area is 124 Å². The molecule has 0 radical (unpaired) electrons. The highest BCUT2D eigenvalue weighted by molar-refractivity contribution is 5.40. The van der Waals surface area contributed by atoms with E-state index in [9.17, 15) is 43.9 Å². The monoisotopic (exact) mass is 358 g/mol. The lowest BCUT2D eigenvalue weighted by molar-refractivity contribution is -0.190. The Bertz CT molecular complexity index is 532. The van der Waals surface area contributed by atoms with Crippen LogP contribution in [0.5, 0.6) is 0 Å². The fourth-order valence-corrected chi connectivity index (χ4v) is 1.95. The lowest BCUT2D eigenvalue weighted by atomic mass is 9.79. The van der Waals surface area contributed by atoms with Crippen LogP contribution < -0.4 is 0 Å². The molecule has 0 fully saturated rings. The highest BCUT2D eigenvalue weighted by atomic mass is 19.3. The molecule has 2 aliphatic rings. The molecule has 0 aromatic heterocycles. The van der Waals surface area contributed by atoms with E-state index < -0.39 is 51.9 Å². The fourth-order valence-electron chi connectivity index (χ4n) is 1.95. The first kappa shape index (κ1) is 19.8. The van der Waals surface area contributed by atoms with Gasteiger partial charge in [-0.25, -0.2) is 17.6 Å². The lowest BCUT2D eigenvalue weighted by Crippen LogP contribution is -2.52. The summed E-state index contributed by atoms with van der Waals surface area (Å²) >= 11 is 0. The number of rotatable bonds is 0. The van der Waals surface area contributed by atoms with E-state index in [1.165, 1.54) is 0 Å². The van der Waals surface area contributed by atoms with E-state index in [-0.39, 0.29) is 6.92 Å². The van der Waals surface area contributed by atoms with E-state index >= 15 is 0 Å². The van der Waals surface area contributed by atoms with Gasteiger partial charge in [0, 0.05) is 11.1 Å².